The minimum atomic E-state index is 0.795. The van der Waals surface area contributed by atoms with Gasteiger partial charge in [-0.2, -0.15) is 0 Å². The summed E-state index contributed by atoms with van der Waals surface area (Å²) in [5, 5.41) is 3.48. The smallest absolute Gasteiger partial charge is 0.141 e. The van der Waals surface area contributed by atoms with Gasteiger partial charge in [-0.3, -0.25) is 0 Å². The van der Waals surface area contributed by atoms with E-state index in [1.807, 2.05) is 6.07 Å². The molecule has 112 valence electrons. The molecule has 0 aliphatic rings. The molecule has 0 heterocycles. The fraction of sp³-hybridized carbons (Fsp3) is 0.333. The topological polar surface area (TPSA) is 24.5 Å². The molecule has 0 saturated carbocycles. The maximum atomic E-state index is 5.44. The average Bonchev–Trinajstić information content (AvgIpc) is 2.45. The lowest BCUT2D eigenvalue weighted by Crippen LogP contribution is -2.11. The van der Waals surface area contributed by atoms with E-state index in [9.17, 15) is 0 Å². The summed E-state index contributed by atoms with van der Waals surface area (Å²) in [7, 11) is 5.85. The summed E-state index contributed by atoms with van der Waals surface area (Å²) in [5.41, 5.74) is 4.86. The number of aryl methyl sites for hydroxylation is 1. The van der Waals surface area contributed by atoms with E-state index < -0.39 is 0 Å². The van der Waals surface area contributed by atoms with Crippen LogP contribution in [0.15, 0.2) is 42.5 Å². The first-order chi connectivity index (χ1) is 10.1. The summed E-state index contributed by atoms with van der Waals surface area (Å²) >= 11 is 0. The Kier molecular flexibility index (Phi) is 5.23. The summed E-state index contributed by atoms with van der Waals surface area (Å²) in [5.74, 6) is 0.880. The normalized spacial score (nSPS) is 10.7. The van der Waals surface area contributed by atoms with Gasteiger partial charge in [-0.05, 0) is 44.3 Å². The van der Waals surface area contributed by atoms with E-state index in [0.717, 1.165) is 24.5 Å². The molecule has 0 fully saturated rings. The highest BCUT2D eigenvalue weighted by atomic mass is 16.5. The molecule has 21 heavy (non-hydrogen) atoms. The van der Waals surface area contributed by atoms with E-state index in [4.69, 9.17) is 4.74 Å². The molecule has 0 amide bonds. The number of hydrogen-bond donors (Lipinski definition) is 1. The number of nitrogens with zero attached hydrogens (tertiary/aromatic N) is 1. The van der Waals surface area contributed by atoms with Crippen LogP contribution < -0.4 is 10.1 Å². The molecule has 2 aromatic carbocycles. The molecule has 3 nitrogen and oxygen atoms in total. The first kappa shape index (κ1) is 15.4. The number of ether oxygens (including phenoxy) is 1. The fourth-order valence-electron chi connectivity index (χ4n) is 2.38. The fourth-order valence-corrected chi connectivity index (χ4v) is 2.38. The largest absolute Gasteiger partial charge is 0.495 e. The summed E-state index contributed by atoms with van der Waals surface area (Å²) in [4.78, 5) is 2.16. The van der Waals surface area contributed by atoms with Gasteiger partial charge in [0.1, 0.15) is 5.75 Å². The Morgan fingerprint density at radius 1 is 1.05 bits per heavy atom. The van der Waals surface area contributed by atoms with Crippen LogP contribution in [-0.2, 0) is 13.1 Å². The summed E-state index contributed by atoms with van der Waals surface area (Å²) in [6, 6.07) is 14.8. The van der Waals surface area contributed by atoms with Crippen molar-refractivity contribution < 1.29 is 4.74 Å². The van der Waals surface area contributed by atoms with Crippen LogP contribution in [0, 0.1) is 6.92 Å². The van der Waals surface area contributed by atoms with E-state index in [2.05, 4.69) is 67.6 Å². The number of benzene rings is 2. The zero-order valence-electron chi connectivity index (χ0n) is 13.3. The molecule has 1 N–H and O–H groups in total. The third-order valence-electron chi connectivity index (χ3n) is 3.33. The van der Waals surface area contributed by atoms with E-state index >= 15 is 0 Å². The first-order valence-electron chi connectivity index (χ1n) is 7.19. The zero-order chi connectivity index (χ0) is 15.2. The minimum absolute atomic E-state index is 0.795. The Balaban J connectivity index is 2.13. The van der Waals surface area contributed by atoms with Gasteiger partial charge in [0.2, 0.25) is 0 Å². The summed E-state index contributed by atoms with van der Waals surface area (Å²) in [6.45, 7) is 3.83. The van der Waals surface area contributed by atoms with Crippen LogP contribution in [0.3, 0.4) is 0 Å². The van der Waals surface area contributed by atoms with Crippen LogP contribution in [-0.4, -0.2) is 26.1 Å². The Labute approximate surface area is 127 Å². The van der Waals surface area contributed by atoms with Crippen LogP contribution in [0.4, 0.5) is 5.69 Å². The van der Waals surface area contributed by atoms with Gasteiger partial charge in [0.05, 0.1) is 12.8 Å². The van der Waals surface area contributed by atoms with Gasteiger partial charge in [-0.25, -0.2) is 0 Å². The summed E-state index contributed by atoms with van der Waals surface area (Å²) in [6.07, 6.45) is 0. The summed E-state index contributed by atoms with van der Waals surface area (Å²) < 4.78 is 5.44. The van der Waals surface area contributed by atoms with Gasteiger partial charge >= 0.3 is 0 Å². The molecular weight excluding hydrogens is 260 g/mol. The molecule has 2 aromatic rings. The Morgan fingerprint density at radius 3 is 2.52 bits per heavy atom. The van der Waals surface area contributed by atoms with Gasteiger partial charge in [0.25, 0.3) is 0 Å². The third kappa shape index (κ3) is 4.50. The van der Waals surface area contributed by atoms with Crippen LogP contribution in [0.5, 0.6) is 5.75 Å². The molecule has 2 rings (SSSR count). The highest BCUT2D eigenvalue weighted by molar-refractivity contribution is 5.58. The third-order valence-corrected chi connectivity index (χ3v) is 3.33. The van der Waals surface area contributed by atoms with Crippen molar-refractivity contribution in [3.8, 4) is 5.75 Å². The average molecular weight is 284 g/mol. The van der Waals surface area contributed by atoms with Gasteiger partial charge in [0.15, 0.2) is 0 Å². The number of hydrogen-bond acceptors (Lipinski definition) is 3. The van der Waals surface area contributed by atoms with Crippen molar-refractivity contribution in [1.82, 2.24) is 4.90 Å². The predicted octanol–water partition coefficient (Wildman–Crippen LogP) is 3.68. The molecule has 0 atom stereocenters. The van der Waals surface area contributed by atoms with Gasteiger partial charge in [0, 0.05) is 13.1 Å². The number of nitrogens with one attached hydrogen (secondary N) is 1. The Bertz CT molecular complexity index is 594. The molecule has 3 heteroatoms. The van der Waals surface area contributed by atoms with Gasteiger partial charge in [-0.15, -0.1) is 0 Å². The lowest BCUT2D eigenvalue weighted by molar-refractivity contribution is 0.400. The zero-order valence-corrected chi connectivity index (χ0v) is 13.3. The molecule has 0 bridgehead atoms. The molecule has 0 aliphatic heterocycles. The lowest BCUT2D eigenvalue weighted by Gasteiger charge is -2.15. The van der Waals surface area contributed by atoms with Crippen molar-refractivity contribution in [2.45, 2.75) is 20.0 Å². The molecule has 0 saturated heterocycles. The van der Waals surface area contributed by atoms with E-state index in [1.54, 1.807) is 7.11 Å². The second kappa shape index (κ2) is 7.14. The van der Waals surface area contributed by atoms with E-state index in [-0.39, 0.29) is 0 Å². The molecule has 0 unspecified atom stereocenters. The van der Waals surface area contributed by atoms with Gasteiger partial charge in [-0.1, -0.05) is 35.9 Å². The quantitative estimate of drug-likeness (QED) is 0.876. The number of methoxy groups -OCH3 is 1. The standard InChI is InChI=1S/C18H24N2O/c1-14-6-5-7-15(10-14)12-19-17-11-16(13-20(2)3)8-9-18(17)21-4/h5-11,19H,12-13H2,1-4H3. The van der Waals surface area contributed by atoms with Gasteiger partial charge < -0.3 is 15.0 Å². The highest BCUT2D eigenvalue weighted by Crippen LogP contribution is 2.26. The van der Waals surface area contributed by atoms with Crippen LogP contribution >= 0.6 is 0 Å². The van der Waals surface area contributed by atoms with Crippen molar-refractivity contribution in [3.63, 3.8) is 0 Å². The number of rotatable bonds is 6. The molecular formula is C18H24N2O. The van der Waals surface area contributed by atoms with E-state index in [1.165, 1.54) is 16.7 Å². The number of anilines is 1. The Hall–Kier alpha value is -2.00. The molecule has 0 radical (unpaired) electrons. The minimum Gasteiger partial charge on any atom is -0.495 e. The van der Waals surface area contributed by atoms with Crippen molar-refractivity contribution in [1.29, 1.82) is 0 Å². The Morgan fingerprint density at radius 2 is 1.86 bits per heavy atom. The van der Waals surface area contributed by atoms with Crippen molar-refractivity contribution in [2.75, 3.05) is 26.5 Å². The second-order valence-electron chi connectivity index (χ2n) is 5.62. The SMILES string of the molecule is COc1ccc(CN(C)C)cc1NCc1cccc(C)c1. The molecule has 0 aromatic heterocycles. The first-order valence-corrected chi connectivity index (χ1v) is 7.19. The molecule has 0 aliphatic carbocycles. The monoisotopic (exact) mass is 284 g/mol. The van der Waals surface area contributed by atoms with Crippen molar-refractivity contribution in [3.05, 3.63) is 59.2 Å². The van der Waals surface area contributed by atoms with Crippen LogP contribution in [0.25, 0.3) is 0 Å². The second-order valence-corrected chi connectivity index (χ2v) is 5.62. The van der Waals surface area contributed by atoms with Crippen molar-refractivity contribution >= 4 is 5.69 Å². The van der Waals surface area contributed by atoms with Crippen LogP contribution in [0.1, 0.15) is 16.7 Å². The molecule has 0 spiro atoms. The van der Waals surface area contributed by atoms with Crippen LogP contribution in [0.2, 0.25) is 0 Å². The highest BCUT2D eigenvalue weighted by Gasteiger charge is 2.05. The predicted molar refractivity (Wildman–Crippen MR) is 88.9 cm³/mol. The maximum Gasteiger partial charge on any atom is 0.141 e. The lowest BCUT2D eigenvalue weighted by atomic mass is 10.1. The maximum absolute atomic E-state index is 5.44. The van der Waals surface area contributed by atoms with E-state index in [0.29, 0.717) is 0 Å². The van der Waals surface area contributed by atoms with Crippen molar-refractivity contribution in [2.24, 2.45) is 0 Å².